The van der Waals surface area contributed by atoms with Crippen LogP contribution in [0.25, 0.3) is 0 Å². The van der Waals surface area contributed by atoms with Gasteiger partial charge >= 0.3 is 0 Å². The third kappa shape index (κ3) is 2.64. The van der Waals surface area contributed by atoms with Crippen LogP contribution in [-0.2, 0) is 6.42 Å². The Hall–Kier alpha value is -2.37. The second-order valence-electron chi connectivity index (χ2n) is 4.83. The molecule has 0 atom stereocenters. The number of hydrogen-bond donors (Lipinski definition) is 2. The second kappa shape index (κ2) is 5.73. The molecule has 3 rings (SSSR count). The van der Waals surface area contributed by atoms with Crippen LogP contribution in [0.1, 0.15) is 22.5 Å². The van der Waals surface area contributed by atoms with E-state index in [0.717, 1.165) is 25.9 Å². The van der Waals surface area contributed by atoms with E-state index in [1.54, 1.807) is 0 Å². The molecule has 1 amide bonds. The number of aromatic amines is 1. The fraction of sp³-hybridized carbons (Fsp3) is 0.357. The van der Waals surface area contributed by atoms with Gasteiger partial charge in [-0.1, -0.05) is 18.2 Å². The van der Waals surface area contributed by atoms with Crippen LogP contribution in [-0.4, -0.2) is 41.0 Å². The smallest absolute Gasteiger partial charge is 0.273 e. The van der Waals surface area contributed by atoms with Gasteiger partial charge < -0.3 is 10.2 Å². The van der Waals surface area contributed by atoms with Crippen LogP contribution in [0, 0.1) is 0 Å². The summed E-state index contributed by atoms with van der Waals surface area (Å²) in [7, 11) is 0. The number of nitrogens with one attached hydrogen (secondary N) is 2. The van der Waals surface area contributed by atoms with Crippen molar-refractivity contribution in [3.05, 3.63) is 41.7 Å². The number of para-hydroxylation sites is 1. The summed E-state index contributed by atoms with van der Waals surface area (Å²) in [5.41, 5.74) is 3.07. The maximum Gasteiger partial charge on any atom is 0.273 e. The van der Waals surface area contributed by atoms with Gasteiger partial charge in [0.25, 0.3) is 5.91 Å². The molecule has 1 aliphatic rings. The molecule has 1 aromatic heterocycles. The molecule has 2 N–H and O–H groups in total. The molecule has 20 heavy (non-hydrogen) atoms. The van der Waals surface area contributed by atoms with Gasteiger partial charge in [0.2, 0.25) is 0 Å². The first kappa shape index (κ1) is 12.7. The molecule has 0 unspecified atom stereocenters. The van der Waals surface area contributed by atoms with Crippen molar-refractivity contribution in [2.75, 3.05) is 24.5 Å². The third-order valence-electron chi connectivity index (χ3n) is 3.52. The highest BCUT2D eigenvalue weighted by Crippen LogP contribution is 2.27. The molecular formula is C14H17N5O. The molecule has 0 aliphatic carbocycles. The van der Waals surface area contributed by atoms with Crippen LogP contribution in [0.15, 0.2) is 30.5 Å². The Morgan fingerprint density at radius 3 is 3.15 bits per heavy atom. The largest absolute Gasteiger partial charge is 0.371 e. The maximum atomic E-state index is 11.7. The van der Waals surface area contributed by atoms with E-state index in [0.29, 0.717) is 12.2 Å². The Morgan fingerprint density at radius 1 is 1.40 bits per heavy atom. The monoisotopic (exact) mass is 271 g/mol. The van der Waals surface area contributed by atoms with Crippen molar-refractivity contribution in [3.8, 4) is 0 Å². The van der Waals surface area contributed by atoms with Gasteiger partial charge in [0, 0.05) is 25.3 Å². The van der Waals surface area contributed by atoms with Crippen LogP contribution in [0.4, 0.5) is 5.69 Å². The zero-order chi connectivity index (χ0) is 13.8. The number of benzene rings is 1. The van der Waals surface area contributed by atoms with Crippen LogP contribution in [0.3, 0.4) is 0 Å². The zero-order valence-electron chi connectivity index (χ0n) is 11.2. The number of carbonyl (C=O) groups is 1. The fourth-order valence-corrected chi connectivity index (χ4v) is 2.51. The molecule has 0 radical (unpaired) electrons. The average Bonchev–Trinajstić information content (AvgIpc) is 3.13. The van der Waals surface area contributed by atoms with Crippen molar-refractivity contribution in [2.45, 2.75) is 12.8 Å². The molecule has 2 heterocycles. The quantitative estimate of drug-likeness (QED) is 0.795. The summed E-state index contributed by atoms with van der Waals surface area (Å²) < 4.78 is 0. The standard InChI is InChI=1S/C14H17N5O/c20-14(12-10-16-18-17-12)15-7-3-8-19-9-6-11-4-1-2-5-13(11)19/h1-2,4-5,10H,3,6-9H2,(H,15,20)(H,16,17,18). The minimum atomic E-state index is -0.180. The van der Waals surface area contributed by atoms with Crippen LogP contribution < -0.4 is 10.2 Å². The van der Waals surface area contributed by atoms with Gasteiger partial charge in [-0.15, -0.1) is 0 Å². The van der Waals surface area contributed by atoms with Crippen molar-refractivity contribution in [3.63, 3.8) is 0 Å². The van der Waals surface area contributed by atoms with Gasteiger partial charge in [-0.2, -0.15) is 15.4 Å². The first-order valence-electron chi connectivity index (χ1n) is 6.81. The van der Waals surface area contributed by atoms with Crippen molar-refractivity contribution in [2.24, 2.45) is 0 Å². The Labute approximate surface area is 117 Å². The number of H-pyrrole nitrogens is 1. The van der Waals surface area contributed by atoms with E-state index in [1.807, 2.05) is 0 Å². The Morgan fingerprint density at radius 2 is 2.30 bits per heavy atom. The highest BCUT2D eigenvalue weighted by molar-refractivity contribution is 5.91. The third-order valence-corrected chi connectivity index (χ3v) is 3.52. The van der Waals surface area contributed by atoms with Gasteiger partial charge in [0.1, 0.15) is 0 Å². The number of hydrogen-bond acceptors (Lipinski definition) is 4. The van der Waals surface area contributed by atoms with E-state index >= 15 is 0 Å². The summed E-state index contributed by atoms with van der Waals surface area (Å²) in [6.45, 7) is 2.66. The molecule has 0 fully saturated rings. The molecule has 0 spiro atoms. The van der Waals surface area contributed by atoms with E-state index in [4.69, 9.17) is 0 Å². The van der Waals surface area contributed by atoms with Gasteiger partial charge in [-0.05, 0) is 24.5 Å². The first-order valence-corrected chi connectivity index (χ1v) is 6.81. The Balaban J connectivity index is 1.44. The summed E-state index contributed by atoms with van der Waals surface area (Å²) in [5, 5.41) is 12.6. The van der Waals surface area contributed by atoms with Crippen LogP contribution in [0.5, 0.6) is 0 Å². The molecule has 0 saturated heterocycles. The van der Waals surface area contributed by atoms with E-state index in [1.165, 1.54) is 17.4 Å². The Kier molecular flexibility index (Phi) is 3.62. The summed E-state index contributed by atoms with van der Waals surface area (Å²) >= 11 is 0. The summed E-state index contributed by atoms with van der Waals surface area (Å²) in [4.78, 5) is 14.0. The van der Waals surface area contributed by atoms with E-state index in [2.05, 4.69) is 49.9 Å². The predicted octanol–water partition coefficient (Wildman–Crippen LogP) is 0.987. The molecule has 104 valence electrons. The number of aromatic nitrogens is 3. The molecular weight excluding hydrogens is 254 g/mol. The zero-order valence-corrected chi connectivity index (χ0v) is 11.2. The molecule has 1 aromatic carbocycles. The van der Waals surface area contributed by atoms with Crippen molar-refractivity contribution < 1.29 is 4.79 Å². The number of amides is 1. The number of nitrogens with zero attached hydrogens (tertiary/aromatic N) is 3. The normalized spacial score (nSPS) is 13.3. The lowest BCUT2D eigenvalue weighted by Crippen LogP contribution is -2.29. The predicted molar refractivity (Wildman–Crippen MR) is 75.7 cm³/mol. The summed E-state index contributed by atoms with van der Waals surface area (Å²) in [5.74, 6) is -0.180. The number of anilines is 1. The minimum absolute atomic E-state index is 0.180. The summed E-state index contributed by atoms with van der Waals surface area (Å²) in [6, 6.07) is 8.50. The first-order chi connectivity index (χ1) is 9.84. The molecule has 0 bridgehead atoms. The van der Waals surface area contributed by atoms with Crippen molar-refractivity contribution >= 4 is 11.6 Å². The molecule has 0 saturated carbocycles. The average molecular weight is 271 g/mol. The summed E-state index contributed by atoms with van der Waals surface area (Å²) in [6.07, 6.45) is 3.45. The molecule has 6 heteroatoms. The fourth-order valence-electron chi connectivity index (χ4n) is 2.51. The van der Waals surface area contributed by atoms with Gasteiger partial charge in [-0.25, -0.2) is 0 Å². The van der Waals surface area contributed by atoms with E-state index < -0.39 is 0 Å². The van der Waals surface area contributed by atoms with E-state index in [-0.39, 0.29) is 5.91 Å². The lowest BCUT2D eigenvalue weighted by Gasteiger charge is -2.19. The maximum absolute atomic E-state index is 11.7. The lowest BCUT2D eigenvalue weighted by molar-refractivity contribution is 0.0948. The highest BCUT2D eigenvalue weighted by atomic mass is 16.1. The van der Waals surface area contributed by atoms with Crippen molar-refractivity contribution in [1.82, 2.24) is 20.7 Å². The number of fused-ring (bicyclic) bond motifs is 1. The van der Waals surface area contributed by atoms with E-state index in [9.17, 15) is 4.79 Å². The van der Waals surface area contributed by atoms with Crippen LogP contribution >= 0.6 is 0 Å². The molecule has 2 aromatic rings. The number of carbonyl (C=O) groups excluding carboxylic acids is 1. The SMILES string of the molecule is O=C(NCCCN1CCc2ccccc21)c1cn[nH]n1. The van der Waals surface area contributed by atoms with Gasteiger partial charge in [-0.3, -0.25) is 4.79 Å². The Bertz CT molecular complexity index is 581. The van der Waals surface area contributed by atoms with Crippen molar-refractivity contribution in [1.29, 1.82) is 0 Å². The topological polar surface area (TPSA) is 73.9 Å². The van der Waals surface area contributed by atoms with Crippen LogP contribution in [0.2, 0.25) is 0 Å². The molecule has 6 nitrogen and oxygen atoms in total. The van der Waals surface area contributed by atoms with Gasteiger partial charge in [0.15, 0.2) is 5.69 Å². The van der Waals surface area contributed by atoms with Gasteiger partial charge in [0.05, 0.1) is 6.20 Å². The minimum Gasteiger partial charge on any atom is -0.371 e. The second-order valence-corrected chi connectivity index (χ2v) is 4.83. The molecule has 1 aliphatic heterocycles. The lowest BCUT2D eigenvalue weighted by atomic mass is 10.2. The highest BCUT2D eigenvalue weighted by Gasteiger charge is 2.17. The number of rotatable bonds is 5.